The molecule has 0 spiro atoms. The van der Waals surface area contributed by atoms with Crippen LogP contribution in [-0.4, -0.2) is 47.6 Å². The van der Waals surface area contributed by atoms with Gasteiger partial charge in [0, 0.05) is 26.1 Å². The van der Waals surface area contributed by atoms with Crippen molar-refractivity contribution in [3.05, 3.63) is 48.0 Å². The Labute approximate surface area is 141 Å². The second kappa shape index (κ2) is 7.45. The number of nitrogens with zero attached hydrogens (tertiary/aromatic N) is 1. The average Bonchev–Trinajstić information content (AvgIpc) is 2.98. The Kier molecular flexibility index (Phi) is 5.11. The lowest BCUT2D eigenvalue weighted by Crippen LogP contribution is -2.41. The molecule has 5 heteroatoms. The number of hydrogen-bond acceptors (Lipinski definition) is 3. The first-order chi connectivity index (χ1) is 11.6. The highest BCUT2D eigenvalue weighted by Gasteiger charge is 2.22. The van der Waals surface area contributed by atoms with Gasteiger partial charge in [-0.3, -0.25) is 9.59 Å². The first-order valence-electron chi connectivity index (χ1n) is 8.32. The predicted octanol–water partition coefficient (Wildman–Crippen LogP) is 1.48. The molecule has 3 rings (SSSR count). The number of carbonyl (C=O) groups excluding carboxylic acids is 2. The molecule has 1 atom stereocenters. The van der Waals surface area contributed by atoms with Crippen LogP contribution >= 0.6 is 0 Å². The highest BCUT2D eigenvalue weighted by Crippen LogP contribution is 2.16. The van der Waals surface area contributed by atoms with Crippen LogP contribution in [-0.2, 0) is 16.0 Å². The van der Waals surface area contributed by atoms with Crippen LogP contribution in [0.2, 0.25) is 0 Å². The lowest BCUT2D eigenvalue weighted by atomic mass is 10.0. The van der Waals surface area contributed by atoms with Crippen molar-refractivity contribution in [2.75, 3.05) is 19.6 Å². The minimum atomic E-state index is -0.729. The van der Waals surface area contributed by atoms with Crippen LogP contribution in [0.4, 0.5) is 0 Å². The summed E-state index contributed by atoms with van der Waals surface area (Å²) in [6, 6.07) is 14.0. The quantitative estimate of drug-likeness (QED) is 0.845. The number of rotatable bonds is 6. The molecule has 1 aliphatic rings. The van der Waals surface area contributed by atoms with Crippen LogP contribution in [0, 0.1) is 0 Å². The summed E-state index contributed by atoms with van der Waals surface area (Å²) in [5.41, 5.74) is 0.940. The van der Waals surface area contributed by atoms with Crippen LogP contribution in [0.25, 0.3) is 10.8 Å². The number of β-amino-alcohol motifs (C(OH)–C–C–N with tert-alkyl or cyclic N) is 1. The van der Waals surface area contributed by atoms with Crippen molar-refractivity contribution in [2.45, 2.75) is 25.4 Å². The van der Waals surface area contributed by atoms with Crippen molar-refractivity contribution < 1.29 is 14.7 Å². The number of benzene rings is 2. The summed E-state index contributed by atoms with van der Waals surface area (Å²) >= 11 is 0. The summed E-state index contributed by atoms with van der Waals surface area (Å²) in [5.74, 6) is -0.0476. The summed E-state index contributed by atoms with van der Waals surface area (Å²) in [6.07, 6.45) is 0.953. The van der Waals surface area contributed by atoms with Gasteiger partial charge in [0.15, 0.2) is 0 Å². The third kappa shape index (κ3) is 4.11. The molecule has 1 saturated heterocycles. The van der Waals surface area contributed by atoms with Gasteiger partial charge in [-0.2, -0.15) is 0 Å². The van der Waals surface area contributed by atoms with Crippen LogP contribution in [0.1, 0.15) is 18.4 Å². The highest BCUT2D eigenvalue weighted by molar-refractivity contribution is 5.85. The number of amides is 2. The minimum absolute atomic E-state index is 0.0801. The van der Waals surface area contributed by atoms with E-state index in [0.717, 1.165) is 22.8 Å². The molecule has 0 aromatic heterocycles. The summed E-state index contributed by atoms with van der Waals surface area (Å²) in [4.78, 5) is 25.2. The van der Waals surface area contributed by atoms with Crippen LogP contribution < -0.4 is 5.32 Å². The van der Waals surface area contributed by atoms with E-state index in [2.05, 4.69) is 5.32 Å². The standard InChI is InChI=1S/C19H22N2O3/c22-17(13-21-9-3-6-19(21)24)12-20-18(23)11-14-7-8-15-4-1-2-5-16(15)10-14/h1-2,4-5,7-8,10,17,22H,3,6,9,11-13H2,(H,20,23)/t17-/m1/s1. The van der Waals surface area contributed by atoms with E-state index in [0.29, 0.717) is 13.0 Å². The van der Waals surface area contributed by atoms with Crippen LogP contribution in [0.15, 0.2) is 42.5 Å². The SMILES string of the molecule is O=C(Cc1ccc2ccccc2c1)NC[C@@H](O)CN1CCCC1=O. The second-order valence-electron chi connectivity index (χ2n) is 6.26. The van der Waals surface area contributed by atoms with Gasteiger partial charge < -0.3 is 15.3 Å². The number of likely N-dealkylation sites (tertiary alicyclic amines) is 1. The molecule has 126 valence electrons. The zero-order valence-corrected chi connectivity index (χ0v) is 13.6. The van der Waals surface area contributed by atoms with E-state index < -0.39 is 6.10 Å². The first-order valence-corrected chi connectivity index (χ1v) is 8.32. The van der Waals surface area contributed by atoms with E-state index in [4.69, 9.17) is 0 Å². The molecule has 1 aliphatic heterocycles. The monoisotopic (exact) mass is 326 g/mol. The average molecular weight is 326 g/mol. The maximum absolute atomic E-state index is 12.1. The molecule has 2 aromatic carbocycles. The van der Waals surface area contributed by atoms with E-state index in [9.17, 15) is 14.7 Å². The third-order valence-corrected chi connectivity index (χ3v) is 4.32. The molecule has 0 bridgehead atoms. The number of nitrogens with one attached hydrogen (secondary N) is 1. The molecule has 1 fully saturated rings. The third-order valence-electron chi connectivity index (χ3n) is 4.32. The van der Waals surface area contributed by atoms with Crippen molar-refractivity contribution in [3.8, 4) is 0 Å². The molecule has 0 radical (unpaired) electrons. The molecule has 1 heterocycles. The van der Waals surface area contributed by atoms with Crippen molar-refractivity contribution in [2.24, 2.45) is 0 Å². The fraction of sp³-hybridized carbons (Fsp3) is 0.368. The molecule has 24 heavy (non-hydrogen) atoms. The van der Waals surface area contributed by atoms with Gasteiger partial charge in [0.2, 0.25) is 11.8 Å². The molecule has 5 nitrogen and oxygen atoms in total. The van der Waals surface area contributed by atoms with E-state index in [1.807, 2.05) is 42.5 Å². The molecule has 0 unspecified atom stereocenters. The molecular weight excluding hydrogens is 304 g/mol. The Morgan fingerprint density at radius 3 is 2.75 bits per heavy atom. The Bertz CT molecular complexity index is 744. The van der Waals surface area contributed by atoms with Gasteiger partial charge in [0.25, 0.3) is 0 Å². The van der Waals surface area contributed by atoms with E-state index in [1.165, 1.54) is 0 Å². The summed E-state index contributed by atoms with van der Waals surface area (Å²) in [6.45, 7) is 1.15. The number of aliphatic hydroxyl groups excluding tert-OH is 1. The van der Waals surface area contributed by atoms with E-state index >= 15 is 0 Å². The lowest BCUT2D eigenvalue weighted by Gasteiger charge is -2.20. The summed E-state index contributed by atoms with van der Waals surface area (Å²) in [7, 11) is 0. The molecule has 0 aliphatic carbocycles. The zero-order valence-electron chi connectivity index (χ0n) is 13.6. The Balaban J connectivity index is 1.48. The number of aliphatic hydroxyl groups is 1. The topological polar surface area (TPSA) is 69.6 Å². The van der Waals surface area contributed by atoms with Gasteiger partial charge in [-0.25, -0.2) is 0 Å². The van der Waals surface area contributed by atoms with Gasteiger partial charge in [0.1, 0.15) is 0 Å². The molecule has 2 aromatic rings. The maximum Gasteiger partial charge on any atom is 0.224 e. The van der Waals surface area contributed by atoms with Gasteiger partial charge in [0.05, 0.1) is 12.5 Å². The van der Waals surface area contributed by atoms with E-state index in [-0.39, 0.29) is 31.3 Å². The first kappa shape index (κ1) is 16.5. The Hall–Kier alpha value is -2.40. The van der Waals surface area contributed by atoms with Gasteiger partial charge >= 0.3 is 0 Å². The van der Waals surface area contributed by atoms with Gasteiger partial charge in [-0.15, -0.1) is 0 Å². The van der Waals surface area contributed by atoms with Crippen molar-refractivity contribution in [1.82, 2.24) is 10.2 Å². The minimum Gasteiger partial charge on any atom is -0.389 e. The lowest BCUT2D eigenvalue weighted by molar-refractivity contribution is -0.128. The molecule has 0 saturated carbocycles. The zero-order chi connectivity index (χ0) is 16.9. The van der Waals surface area contributed by atoms with Crippen molar-refractivity contribution in [1.29, 1.82) is 0 Å². The summed E-state index contributed by atoms with van der Waals surface area (Å²) < 4.78 is 0. The summed E-state index contributed by atoms with van der Waals surface area (Å²) in [5, 5.41) is 15.0. The normalized spacial score (nSPS) is 15.7. The fourth-order valence-corrected chi connectivity index (χ4v) is 3.04. The smallest absolute Gasteiger partial charge is 0.224 e. The predicted molar refractivity (Wildman–Crippen MR) is 92.5 cm³/mol. The molecule has 2 amide bonds. The second-order valence-corrected chi connectivity index (χ2v) is 6.26. The maximum atomic E-state index is 12.1. The van der Waals surface area contributed by atoms with Crippen molar-refractivity contribution in [3.63, 3.8) is 0 Å². The molecule has 2 N–H and O–H groups in total. The number of fused-ring (bicyclic) bond motifs is 1. The van der Waals surface area contributed by atoms with E-state index in [1.54, 1.807) is 4.90 Å². The van der Waals surface area contributed by atoms with Crippen molar-refractivity contribution >= 4 is 22.6 Å². The van der Waals surface area contributed by atoms with Gasteiger partial charge in [-0.1, -0.05) is 42.5 Å². The largest absolute Gasteiger partial charge is 0.389 e. The number of hydrogen-bond donors (Lipinski definition) is 2. The van der Waals surface area contributed by atoms with Crippen LogP contribution in [0.3, 0.4) is 0 Å². The van der Waals surface area contributed by atoms with Crippen LogP contribution in [0.5, 0.6) is 0 Å². The van der Waals surface area contributed by atoms with Gasteiger partial charge in [-0.05, 0) is 22.8 Å². The number of carbonyl (C=O) groups is 2. The Morgan fingerprint density at radius 1 is 1.21 bits per heavy atom. The Morgan fingerprint density at radius 2 is 2.00 bits per heavy atom. The molecular formula is C19H22N2O3. The highest BCUT2D eigenvalue weighted by atomic mass is 16.3. The fourth-order valence-electron chi connectivity index (χ4n) is 3.04.